The summed E-state index contributed by atoms with van der Waals surface area (Å²) in [4.78, 5) is 17.3. The Morgan fingerprint density at radius 3 is 2.47 bits per heavy atom. The molecule has 0 fully saturated rings. The lowest BCUT2D eigenvalue weighted by Crippen LogP contribution is -2.11. The number of hydrogen-bond donors (Lipinski definition) is 0. The molecule has 19 heavy (non-hydrogen) atoms. The summed E-state index contributed by atoms with van der Waals surface area (Å²) >= 11 is 0. The van der Waals surface area contributed by atoms with Crippen molar-refractivity contribution >= 4 is 10.9 Å². The second-order valence-electron chi connectivity index (χ2n) is 4.07. The summed E-state index contributed by atoms with van der Waals surface area (Å²) in [6, 6.07) is 14.3. The number of hydrogen-bond acceptors (Lipinski definition) is 2. The molecule has 0 spiro atoms. The molecule has 0 saturated heterocycles. The molecule has 3 aromatic rings. The molecule has 0 saturated carbocycles. The number of rotatable bonds is 2. The maximum absolute atomic E-state index is 12.8. The molecule has 0 unspecified atom stereocenters. The van der Waals surface area contributed by atoms with E-state index in [0.29, 0.717) is 16.7 Å². The molecule has 0 amide bonds. The van der Waals surface area contributed by atoms with E-state index in [9.17, 15) is 9.18 Å². The van der Waals surface area contributed by atoms with Gasteiger partial charge in [0.1, 0.15) is 5.82 Å². The van der Waals surface area contributed by atoms with Crippen LogP contribution in [0.25, 0.3) is 10.9 Å². The van der Waals surface area contributed by atoms with E-state index in [2.05, 4.69) is 0 Å². The largest absolute Gasteiger partial charge is 0.375 e. The molecule has 0 aliphatic heterocycles. The van der Waals surface area contributed by atoms with Gasteiger partial charge >= 0.3 is 0 Å². The highest BCUT2D eigenvalue weighted by Crippen LogP contribution is 2.15. The molecule has 2 aromatic carbocycles. The third kappa shape index (κ3) is 2.20. The highest BCUT2D eigenvalue weighted by atomic mass is 19.1. The van der Waals surface area contributed by atoms with Gasteiger partial charge in [0.2, 0.25) is 0 Å². The van der Waals surface area contributed by atoms with E-state index in [1.165, 1.54) is 35.1 Å². The fourth-order valence-corrected chi connectivity index (χ4v) is 1.87. The van der Waals surface area contributed by atoms with Crippen LogP contribution in [0.15, 0.2) is 65.6 Å². The Kier molecular flexibility index (Phi) is 2.76. The van der Waals surface area contributed by atoms with Gasteiger partial charge in [0.25, 0.3) is 0 Å². The maximum Gasteiger partial charge on any atom is 0.189 e. The molecule has 3 rings (SSSR count). The predicted molar refractivity (Wildman–Crippen MR) is 70.6 cm³/mol. The van der Waals surface area contributed by atoms with E-state index in [0.717, 1.165) is 0 Å². The number of benzene rings is 2. The molecule has 3 nitrogen and oxygen atoms in total. The Hall–Kier alpha value is -2.62. The van der Waals surface area contributed by atoms with Crippen molar-refractivity contribution < 1.29 is 9.23 Å². The van der Waals surface area contributed by atoms with Crippen molar-refractivity contribution in [3.8, 4) is 5.75 Å². The van der Waals surface area contributed by atoms with Gasteiger partial charge < -0.3 is 4.84 Å². The average molecular weight is 255 g/mol. The Bertz CT molecular complexity index is 778. The van der Waals surface area contributed by atoms with Crippen molar-refractivity contribution in [3.63, 3.8) is 0 Å². The van der Waals surface area contributed by atoms with Crippen LogP contribution in [-0.2, 0) is 0 Å². The highest BCUT2D eigenvalue weighted by Gasteiger charge is 2.03. The second kappa shape index (κ2) is 4.57. The third-order valence-corrected chi connectivity index (χ3v) is 2.79. The number of pyridine rings is 1. The quantitative estimate of drug-likeness (QED) is 0.705. The van der Waals surface area contributed by atoms with Crippen LogP contribution in [0.5, 0.6) is 5.75 Å². The fraction of sp³-hybridized carbons (Fsp3) is 0. The van der Waals surface area contributed by atoms with Crippen molar-refractivity contribution in [2.24, 2.45) is 0 Å². The number of fused-ring (bicyclic) bond motifs is 1. The van der Waals surface area contributed by atoms with E-state index in [4.69, 9.17) is 4.84 Å². The normalized spacial score (nSPS) is 10.6. The van der Waals surface area contributed by atoms with Gasteiger partial charge in [0, 0.05) is 17.6 Å². The summed E-state index contributed by atoms with van der Waals surface area (Å²) in [5, 5.41) is 0.576. The molecule has 0 aliphatic carbocycles. The van der Waals surface area contributed by atoms with Gasteiger partial charge in [-0.2, -0.15) is 4.73 Å². The molecule has 0 radical (unpaired) electrons. The van der Waals surface area contributed by atoms with Gasteiger partial charge in [-0.15, -0.1) is 0 Å². The molecule has 1 heterocycles. The van der Waals surface area contributed by atoms with Gasteiger partial charge in [0.15, 0.2) is 11.2 Å². The van der Waals surface area contributed by atoms with Crippen LogP contribution < -0.4 is 10.3 Å². The summed E-state index contributed by atoms with van der Waals surface area (Å²) in [6.07, 6.45) is 1.55. The van der Waals surface area contributed by atoms with Crippen molar-refractivity contribution in [1.82, 2.24) is 4.73 Å². The molecule has 94 valence electrons. The molecular formula is C15H10FNO2. The Labute approximate surface area is 108 Å². The first-order valence-corrected chi connectivity index (χ1v) is 5.78. The van der Waals surface area contributed by atoms with Gasteiger partial charge in [0.05, 0.1) is 5.52 Å². The summed E-state index contributed by atoms with van der Waals surface area (Å²) in [6.45, 7) is 0. The maximum atomic E-state index is 12.8. The van der Waals surface area contributed by atoms with Gasteiger partial charge in [-0.3, -0.25) is 4.79 Å². The molecule has 4 heteroatoms. The molecular weight excluding hydrogens is 245 g/mol. The molecule has 0 aliphatic rings. The van der Waals surface area contributed by atoms with Crippen molar-refractivity contribution in [3.05, 3.63) is 76.8 Å². The number of halogens is 1. The molecule has 1 aromatic heterocycles. The summed E-state index contributed by atoms with van der Waals surface area (Å²) in [5.41, 5.74) is 0.605. The van der Waals surface area contributed by atoms with E-state index >= 15 is 0 Å². The van der Waals surface area contributed by atoms with E-state index in [1.807, 2.05) is 6.07 Å². The third-order valence-electron chi connectivity index (χ3n) is 2.79. The highest BCUT2D eigenvalue weighted by molar-refractivity contribution is 5.78. The lowest BCUT2D eigenvalue weighted by Gasteiger charge is -2.11. The van der Waals surface area contributed by atoms with Gasteiger partial charge in [-0.25, -0.2) is 4.39 Å². The zero-order chi connectivity index (χ0) is 13.2. The van der Waals surface area contributed by atoms with Crippen LogP contribution in [0.3, 0.4) is 0 Å². The van der Waals surface area contributed by atoms with Crippen LogP contribution in [0.1, 0.15) is 0 Å². The van der Waals surface area contributed by atoms with Crippen molar-refractivity contribution in [2.75, 3.05) is 0 Å². The first kappa shape index (κ1) is 11.5. The lowest BCUT2D eigenvalue weighted by atomic mass is 10.2. The van der Waals surface area contributed by atoms with Gasteiger partial charge in [-0.1, -0.05) is 12.1 Å². The first-order valence-electron chi connectivity index (χ1n) is 5.78. The minimum atomic E-state index is -0.322. The van der Waals surface area contributed by atoms with Gasteiger partial charge in [-0.05, 0) is 36.4 Å². The molecule has 0 atom stereocenters. The summed E-state index contributed by atoms with van der Waals surface area (Å²) < 4.78 is 14.3. The zero-order valence-electron chi connectivity index (χ0n) is 9.92. The minimum absolute atomic E-state index is 0.0606. The Morgan fingerprint density at radius 1 is 0.947 bits per heavy atom. The van der Waals surface area contributed by atoms with Crippen molar-refractivity contribution in [1.29, 1.82) is 0 Å². The Morgan fingerprint density at radius 2 is 1.68 bits per heavy atom. The van der Waals surface area contributed by atoms with Crippen LogP contribution in [-0.4, -0.2) is 4.73 Å². The number of para-hydroxylation sites is 1. The van der Waals surface area contributed by atoms with Crippen LogP contribution >= 0.6 is 0 Å². The Balaban J connectivity index is 2.08. The minimum Gasteiger partial charge on any atom is -0.375 e. The van der Waals surface area contributed by atoms with E-state index in [1.54, 1.807) is 24.4 Å². The zero-order valence-corrected chi connectivity index (χ0v) is 9.92. The van der Waals surface area contributed by atoms with E-state index in [-0.39, 0.29) is 11.2 Å². The topological polar surface area (TPSA) is 31.2 Å². The van der Waals surface area contributed by atoms with Crippen LogP contribution in [0.4, 0.5) is 4.39 Å². The molecule has 0 N–H and O–H groups in total. The van der Waals surface area contributed by atoms with E-state index < -0.39 is 0 Å². The van der Waals surface area contributed by atoms with Crippen LogP contribution in [0, 0.1) is 5.82 Å². The average Bonchev–Trinajstić information content (AvgIpc) is 2.45. The monoisotopic (exact) mass is 255 g/mol. The SMILES string of the molecule is O=c1ccn(Oc2ccc(F)cc2)c2ccccc12. The fourth-order valence-electron chi connectivity index (χ4n) is 1.87. The number of nitrogens with zero attached hydrogens (tertiary/aromatic N) is 1. The predicted octanol–water partition coefficient (Wildman–Crippen LogP) is 2.98. The summed E-state index contributed by atoms with van der Waals surface area (Å²) in [7, 11) is 0. The van der Waals surface area contributed by atoms with Crippen molar-refractivity contribution in [2.45, 2.75) is 0 Å². The standard InChI is InChI=1S/C15H10FNO2/c16-11-5-7-12(8-6-11)19-17-10-9-15(18)13-3-1-2-4-14(13)17/h1-10H. The first-order chi connectivity index (χ1) is 9.24. The smallest absolute Gasteiger partial charge is 0.189 e. The van der Waals surface area contributed by atoms with Crippen LogP contribution in [0.2, 0.25) is 0 Å². The summed E-state index contributed by atoms with van der Waals surface area (Å²) in [5.74, 6) is 0.173. The number of aromatic nitrogens is 1. The second-order valence-corrected chi connectivity index (χ2v) is 4.07. The molecule has 0 bridgehead atoms. The lowest BCUT2D eigenvalue weighted by molar-refractivity contribution is 0.227.